The molecule has 0 aromatic heterocycles. The molecule has 0 heterocycles. The van der Waals surface area contributed by atoms with E-state index in [-0.39, 0.29) is 11.4 Å². The van der Waals surface area contributed by atoms with E-state index in [4.69, 9.17) is 4.74 Å². The van der Waals surface area contributed by atoms with Gasteiger partial charge in [-0.15, -0.1) is 0 Å². The van der Waals surface area contributed by atoms with Gasteiger partial charge in [0.15, 0.2) is 0 Å². The van der Waals surface area contributed by atoms with Crippen LogP contribution in [-0.4, -0.2) is 28.0 Å². The van der Waals surface area contributed by atoms with E-state index in [0.717, 1.165) is 12.0 Å². The van der Waals surface area contributed by atoms with Crippen LogP contribution in [0.1, 0.15) is 12.5 Å². The van der Waals surface area contributed by atoms with E-state index in [1.54, 1.807) is 30.3 Å². The summed E-state index contributed by atoms with van der Waals surface area (Å²) in [4.78, 5) is 12.3. The first kappa shape index (κ1) is 19.9. The Morgan fingerprint density at radius 1 is 1.00 bits per heavy atom. The van der Waals surface area contributed by atoms with Crippen molar-refractivity contribution < 1.29 is 17.9 Å². The van der Waals surface area contributed by atoms with Crippen molar-refractivity contribution in [3.63, 3.8) is 0 Å². The lowest BCUT2D eigenvalue weighted by atomic mass is 10.1. The van der Waals surface area contributed by atoms with E-state index < -0.39 is 15.9 Å². The molecule has 0 unspecified atom stereocenters. The predicted octanol–water partition coefficient (Wildman–Crippen LogP) is 3.33. The van der Waals surface area contributed by atoms with Crippen LogP contribution in [0.5, 0.6) is 5.75 Å². The Bertz CT molecular complexity index is 1110. The fraction of sp³-hybridized carbons (Fsp3) is 0.190. The molecule has 28 heavy (non-hydrogen) atoms. The van der Waals surface area contributed by atoms with Crippen LogP contribution in [0.2, 0.25) is 0 Å². The predicted molar refractivity (Wildman–Crippen MR) is 110 cm³/mol. The third-order valence-electron chi connectivity index (χ3n) is 4.40. The minimum Gasteiger partial charge on any atom is -0.496 e. The fourth-order valence-corrected chi connectivity index (χ4v) is 4.16. The van der Waals surface area contributed by atoms with E-state index in [1.807, 2.05) is 31.2 Å². The number of sulfonamides is 1. The molecule has 0 aliphatic rings. The second-order valence-corrected chi connectivity index (χ2v) is 7.97. The maximum atomic E-state index is 12.8. The number of carbonyl (C=O) groups excluding carboxylic acids is 1. The molecule has 6 nitrogen and oxygen atoms in total. The first-order chi connectivity index (χ1) is 13.4. The van der Waals surface area contributed by atoms with Gasteiger partial charge >= 0.3 is 0 Å². The molecule has 0 radical (unpaired) electrons. The lowest BCUT2D eigenvalue weighted by molar-refractivity contribution is -0.115. The number of carbonyl (C=O) groups is 1. The van der Waals surface area contributed by atoms with Gasteiger partial charge in [0.05, 0.1) is 18.6 Å². The average Bonchev–Trinajstić information content (AvgIpc) is 2.71. The number of methoxy groups -OCH3 is 1. The maximum Gasteiger partial charge on any atom is 0.241 e. The highest BCUT2D eigenvalue weighted by molar-refractivity contribution is 7.89. The van der Waals surface area contributed by atoms with E-state index >= 15 is 0 Å². The Balaban J connectivity index is 1.77. The van der Waals surface area contributed by atoms with Crippen LogP contribution in [0.15, 0.2) is 65.6 Å². The van der Waals surface area contributed by atoms with Crippen molar-refractivity contribution in [2.24, 2.45) is 0 Å². The zero-order valence-corrected chi connectivity index (χ0v) is 16.5. The van der Waals surface area contributed by atoms with Gasteiger partial charge in [-0.3, -0.25) is 4.79 Å². The van der Waals surface area contributed by atoms with E-state index in [9.17, 15) is 13.2 Å². The number of hydrogen-bond acceptors (Lipinski definition) is 4. The van der Waals surface area contributed by atoms with Crippen LogP contribution in [0.4, 0.5) is 5.69 Å². The number of benzene rings is 3. The van der Waals surface area contributed by atoms with Gasteiger partial charge in [-0.05, 0) is 36.2 Å². The van der Waals surface area contributed by atoms with Crippen molar-refractivity contribution in [2.75, 3.05) is 19.0 Å². The monoisotopic (exact) mass is 398 g/mol. The Morgan fingerprint density at radius 2 is 1.75 bits per heavy atom. The number of ether oxygens (including phenoxy) is 1. The number of aryl methyl sites for hydroxylation is 1. The zero-order valence-electron chi connectivity index (χ0n) is 15.7. The highest BCUT2D eigenvalue weighted by Gasteiger charge is 2.20. The third kappa shape index (κ3) is 4.32. The second-order valence-electron chi connectivity index (χ2n) is 6.24. The molecule has 3 aromatic rings. The summed E-state index contributed by atoms with van der Waals surface area (Å²) in [6.07, 6.45) is 0.848. The Labute approximate surface area is 164 Å². The van der Waals surface area contributed by atoms with Crippen LogP contribution < -0.4 is 14.8 Å². The summed E-state index contributed by atoms with van der Waals surface area (Å²) in [6, 6.07) is 17.6. The lowest BCUT2D eigenvalue weighted by Gasteiger charge is -2.12. The standard InChI is InChI=1S/C21H22N2O4S/c1-3-15-7-6-8-16(13-15)23-21(24)14-22-28(25,26)20-12-11-19(27-2)17-9-4-5-10-18(17)20/h4-13,22H,3,14H2,1-2H3,(H,23,24). The molecule has 0 saturated heterocycles. The van der Waals surface area contributed by atoms with Crippen molar-refractivity contribution in [2.45, 2.75) is 18.2 Å². The highest BCUT2D eigenvalue weighted by Crippen LogP contribution is 2.30. The van der Waals surface area contributed by atoms with Gasteiger partial charge in [0.2, 0.25) is 15.9 Å². The Hall–Kier alpha value is -2.90. The summed E-state index contributed by atoms with van der Waals surface area (Å²) in [6.45, 7) is 1.66. The molecule has 0 aliphatic heterocycles. The normalized spacial score (nSPS) is 11.4. The quantitative estimate of drug-likeness (QED) is 0.639. The van der Waals surface area contributed by atoms with Gasteiger partial charge in [0.1, 0.15) is 5.75 Å². The van der Waals surface area contributed by atoms with Crippen molar-refractivity contribution in [3.05, 3.63) is 66.2 Å². The summed E-state index contributed by atoms with van der Waals surface area (Å²) in [5.74, 6) is 0.151. The largest absolute Gasteiger partial charge is 0.496 e. The van der Waals surface area contributed by atoms with Gasteiger partial charge in [0, 0.05) is 16.5 Å². The minimum atomic E-state index is -3.88. The summed E-state index contributed by atoms with van der Waals surface area (Å²) in [5, 5.41) is 3.93. The van der Waals surface area contributed by atoms with Gasteiger partial charge < -0.3 is 10.1 Å². The molecule has 3 rings (SSSR count). The molecule has 0 aliphatic carbocycles. The van der Waals surface area contributed by atoms with Gasteiger partial charge in [-0.25, -0.2) is 13.1 Å². The Kier molecular flexibility index (Phi) is 5.96. The molecular formula is C21H22N2O4S. The molecule has 0 fully saturated rings. The SMILES string of the molecule is CCc1cccc(NC(=O)CNS(=O)(=O)c2ccc(OC)c3ccccc23)c1. The van der Waals surface area contributed by atoms with Crippen LogP contribution in [-0.2, 0) is 21.2 Å². The molecule has 7 heteroatoms. The van der Waals surface area contributed by atoms with E-state index in [1.165, 1.54) is 13.2 Å². The third-order valence-corrected chi connectivity index (χ3v) is 5.85. The molecule has 0 atom stereocenters. The minimum absolute atomic E-state index is 0.102. The number of hydrogen-bond donors (Lipinski definition) is 2. The van der Waals surface area contributed by atoms with E-state index in [0.29, 0.717) is 22.2 Å². The molecule has 0 spiro atoms. The molecule has 3 aromatic carbocycles. The van der Waals surface area contributed by atoms with Crippen molar-refractivity contribution in [1.29, 1.82) is 0 Å². The van der Waals surface area contributed by atoms with Gasteiger partial charge in [-0.2, -0.15) is 0 Å². The van der Waals surface area contributed by atoms with Crippen molar-refractivity contribution in [3.8, 4) is 5.75 Å². The summed E-state index contributed by atoms with van der Waals surface area (Å²) in [7, 11) is -2.34. The Morgan fingerprint density at radius 3 is 2.46 bits per heavy atom. The summed E-state index contributed by atoms with van der Waals surface area (Å²) >= 11 is 0. The molecular weight excluding hydrogens is 376 g/mol. The molecule has 1 amide bonds. The van der Waals surface area contributed by atoms with Crippen molar-refractivity contribution >= 4 is 32.4 Å². The first-order valence-electron chi connectivity index (χ1n) is 8.89. The van der Waals surface area contributed by atoms with Crippen LogP contribution in [0, 0.1) is 0 Å². The van der Waals surface area contributed by atoms with Crippen molar-refractivity contribution in [1.82, 2.24) is 4.72 Å². The smallest absolute Gasteiger partial charge is 0.241 e. The molecule has 0 saturated carbocycles. The molecule has 0 bridgehead atoms. The topological polar surface area (TPSA) is 84.5 Å². The molecule has 2 N–H and O–H groups in total. The van der Waals surface area contributed by atoms with Crippen LogP contribution >= 0.6 is 0 Å². The summed E-state index contributed by atoms with van der Waals surface area (Å²) < 4.78 is 33.2. The zero-order chi connectivity index (χ0) is 20.1. The summed E-state index contributed by atoms with van der Waals surface area (Å²) in [5.41, 5.74) is 1.72. The van der Waals surface area contributed by atoms with Crippen LogP contribution in [0.3, 0.4) is 0 Å². The highest BCUT2D eigenvalue weighted by atomic mass is 32.2. The number of anilines is 1. The first-order valence-corrected chi connectivity index (χ1v) is 10.4. The lowest BCUT2D eigenvalue weighted by Crippen LogP contribution is -2.33. The van der Waals surface area contributed by atoms with Crippen LogP contribution in [0.25, 0.3) is 10.8 Å². The number of nitrogens with one attached hydrogen (secondary N) is 2. The average molecular weight is 398 g/mol. The molecule has 146 valence electrons. The van der Waals surface area contributed by atoms with E-state index in [2.05, 4.69) is 10.0 Å². The number of fused-ring (bicyclic) bond motifs is 1. The van der Waals surface area contributed by atoms with Gasteiger partial charge in [-0.1, -0.05) is 43.3 Å². The number of rotatable bonds is 7. The second kappa shape index (κ2) is 8.41. The fourth-order valence-electron chi connectivity index (χ4n) is 2.97. The number of amides is 1. The maximum absolute atomic E-state index is 12.8. The van der Waals surface area contributed by atoms with Gasteiger partial charge in [0.25, 0.3) is 0 Å².